The number of hydrogen-bond acceptors (Lipinski definition) is 5. The van der Waals surface area contributed by atoms with Crippen LogP contribution in [0.15, 0.2) is 51.9 Å². The molecule has 7 nitrogen and oxygen atoms in total. The summed E-state index contributed by atoms with van der Waals surface area (Å²) >= 11 is 3.45. The molecule has 2 aliphatic rings. The maximum atomic E-state index is 12.7. The van der Waals surface area contributed by atoms with Gasteiger partial charge in [0.05, 0.1) is 12.6 Å². The molecule has 2 aromatic carbocycles. The first kappa shape index (κ1) is 18.8. The first-order chi connectivity index (χ1) is 13.7. The maximum Gasteiger partial charge on any atom is 0.258 e. The molecule has 4 rings (SSSR count). The maximum absolute atomic E-state index is 12.7. The van der Waals surface area contributed by atoms with Crippen molar-refractivity contribution in [3.63, 3.8) is 0 Å². The fraction of sp³-hybridized carbons (Fsp3) is 0.300. The van der Waals surface area contributed by atoms with Gasteiger partial charge in [-0.1, -0.05) is 22.0 Å². The number of ether oxygens (including phenoxy) is 3. The molecule has 2 heterocycles. The summed E-state index contributed by atoms with van der Waals surface area (Å²) in [4.78, 5) is 17.3. The number of guanidine groups is 1. The van der Waals surface area contributed by atoms with Crippen LogP contribution in [0, 0.1) is 0 Å². The second kappa shape index (κ2) is 8.62. The van der Waals surface area contributed by atoms with Crippen LogP contribution in [0.2, 0.25) is 0 Å². The average Bonchev–Trinajstić information content (AvgIpc) is 3.37. The van der Waals surface area contributed by atoms with Crippen LogP contribution in [0.4, 0.5) is 5.69 Å². The van der Waals surface area contributed by atoms with Gasteiger partial charge in [0.2, 0.25) is 12.8 Å². The van der Waals surface area contributed by atoms with E-state index < -0.39 is 0 Å². The minimum absolute atomic E-state index is 0.0850. The largest absolute Gasteiger partial charge is 0.454 e. The second-order valence-electron chi connectivity index (χ2n) is 6.48. The zero-order valence-electron chi connectivity index (χ0n) is 15.1. The molecule has 0 bridgehead atoms. The van der Waals surface area contributed by atoms with Gasteiger partial charge in [0.1, 0.15) is 0 Å². The van der Waals surface area contributed by atoms with Gasteiger partial charge in [-0.15, -0.1) is 0 Å². The summed E-state index contributed by atoms with van der Waals surface area (Å²) in [7, 11) is 0. The number of aliphatic imine (C=N–C) groups is 1. The summed E-state index contributed by atoms with van der Waals surface area (Å²) in [6, 6.07) is 12.7. The van der Waals surface area contributed by atoms with Crippen LogP contribution in [0.1, 0.15) is 23.2 Å². The van der Waals surface area contributed by atoms with Gasteiger partial charge in [-0.2, -0.15) is 0 Å². The molecule has 0 spiro atoms. The normalized spacial score (nSPS) is 18.2. The number of benzene rings is 2. The number of nitrogens with one attached hydrogen (secondary N) is 2. The molecule has 2 aromatic rings. The highest BCUT2D eigenvalue weighted by atomic mass is 79.9. The molecule has 1 unspecified atom stereocenters. The monoisotopic (exact) mass is 445 g/mol. The standard InChI is InChI=1S/C20H20BrN3O4/c21-14-3-1-4-15(10-14)23-20(22-11-16-5-2-8-26-16)24-19(25)13-6-7-17-18(9-13)28-12-27-17/h1,3-4,6-7,9-10,16H,2,5,8,11-12H2,(H2,22,23,24,25). The van der Waals surface area contributed by atoms with Crippen LogP contribution in [-0.4, -0.2) is 37.9 Å². The molecule has 28 heavy (non-hydrogen) atoms. The molecule has 1 amide bonds. The highest BCUT2D eigenvalue weighted by Crippen LogP contribution is 2.32. The third-order valence-corrected chi connectivity index (χ3v) is 4.92. The molecule has 0 saturated carbocycles. The molecule has 1 fully saturated rings. The Morgan fingerprint density at radius 1 is 1.18 bits per heavy atom. The molecule has 0 radical (unpaired) electrons. The van der Waals surface area contributed by atoms with Crippen molar-refractivity contribution in [2.75, 3.05) is 25.3 Å². The van der Waals surface area contributed by atoms with Crippen LogP contribution in [0.25, 0.3) is 0 Å². The van der Waals surface area contributed by atoms with Crippen molar-refractivity contribution < 1.29 is 19.0 Å². The number of hydrogen-bond donors (Lipinski definition) is 2. The summed E-state index contributed by atoms with van der Waals surface area (Å²) in [5, 5.41) is 6.02. The Kier molecular flexibility index (Phi) is 5.78. The van der Waals surface area contributed by atoms with Crippen LogP contribution in [-0.2, 0) is 4.74 Å². The van der Waals surface area contributed by atoms with Gasteiger partial charge in [0.25, 0.3) is 5.91 Å². The van der Waals surface area contributed by atoms with Gasteiger partial charge in [0, 0.05) is 22.3 Å². The number of carbonyl (C=O) groups excluding carboxylic acids is 1. The summed E-state index contributed by atoms with van der Waals surface area (Å²) < 4.78 is 17.2. The van der Waals surface area contributed by atoms with Gasteiger partial charge in [-0.3, -0.25) is 10.1 Å². The van der Waals surface area contributed by atoms with E-state index >= 15 is 0 Å². The number of anilines is 1. The summed E-state index contributed by atoms with van der Waals surface area (Å²) in [6.07, 6.45) is 2.10. The smallest absolute Gasteiger partial charge is 0.258 e. The Morgan fingerprint density at radius 2 is 2.07 bits per heavy atom. The quantitative estimate of drug-likeness (QED) is 0.555. The Morgan fingerprint density at radius 3 is 2.89 bits per heavy atom. The summed E-state index contributed by atoms with van der Waals surface area (Å²) in [5.41, 5.74) is 1.27. The lowest BCUT2D eigenvalue weighted by molar-refractivity contribution is 0.0975. The van der Waals surface area contributed by atoms with Crippen LogP contribution >= 0.6 is 15.9 Å². The van der Waals surface area contributed by atoms with E-state index in [9.17, 15) is 4.79 Å². The minimum atomic E-state index is -0.285. The Bertz CT molecular complexity index is 897. The summed E-state index contributed by atoms with van der Waals surface area (Å²) in [5.74, 6) is 1.28. The predicted molar refractivity (Wildman–Crippen MR) is 109 cm³/mol. The van der Waals surface area contributed by atoms with Gasteiger partial charge in [-0.05, 0) is 49.2 Å². The lowest BCUT2D eigenvalue weighted by atomic mass is 10.2. The van der Waals surface area contributed by atoms with E-state index in [0.29, 0.717) is 29.6 Å². The van der Waals surface area contributed by atoms with Crippen LogP contribution in [0.3, 0.4) is 0 Å². The third kappa shape index (κ3) is 4.63. The number of rotatable bonds is 4. The van der Waals surface area contributed by atoms with Gasteiger partial charge < -0.3 is 19.5 Å². The number of carbonyl (C=O) groups is 1. The first-order valence-corrected chi connectivity index (χ1v) is 9.86. The van der Waals surface area contributed by atoms with Gasteiger partial charge in [0.15, 0.2) is 11.5 Å². The second-order valence-corrected chi connectivity index (χ2v) is 7.40. The molecule has 2 N–H and O–H groups in total. The average molecular weight is 446 g/mol. The fourth-order valence-corrected chi connectivity index (χ4v) is 3.41. The molecule has 0 aliphatic carbocycles. The number of fused-ring (bicyclic) bond motifs is 1. The highest BCUT2D eigenvalue weighted by Gasteiger charge is 2.18. The molecule has 2 aliphatic heterocycles. The Labute approximate surface area is 171 Å². The van der Waals surface area contributed by atoms with Gasteiger partial charge >= 0.3 is 0 Å². The lowest BCUT2D eigenvalue weighted by Gasteiger charge is -2.14. The third-order valence-electron chi connectivity index (χ3n) is 4.43. The molecule has 8 heteroatoms. The van der Waals surface area contributed by atoms with Crippen molar-refractivity contribution in [1.29, 1.82) is 0 Å². The Hall–Kier alpha value is -2.58. The molecular weight excluding hydrogens is 426 g/mol. The fourth-order valence-electron chi connectivity index (χ4n) is 3.01. The van der Waals surface area contributed by atoms with Crippen molar-refractivity contribution in [1.82, 2.24) is 5.32 Å². The molecule has 1 saturated heterocycles. The van der Waals surface area contributed by atoms with Gasteiger partial charge in [-0.25, -0.2) is 4.99 Å². The molecule has 146 valence electrons. The van der Waals surface area contributed by atoms with Crippen molar-refractivity contribution >= 4 is 33.5 Å². The minimum Gasteiger partial charge on any atom is -0.454 e. The van der Waals surface area contributed by atoms with E-state index in [1.807, 2.05) is 24.3 Å². The van der Waals surface area contributed by atoms with Crippen molar-refractivity contribution in [2.45, 2.75) is 18.9 Å². The van der Waals surface area contributed by atoms with Crippen LogP contribution in [0.5, 0.6) is 11.5 Å². The van der Waals surface area contributed by atoms with E-state index in [2.05, 4.69) is 31.6 Å². The van der Waals surface area contributed by atoms with E-state index in [-0.39, 0.29) is 18.8 Å². The number of nitrogens with zero attached hydrogens (tertiary/aromatic N) is 1. The molecular formula is C20H20BrN3O4. The van der Waals surface area contributed by atoms with E-state index in [1.165, 1.54) is 0 Å². The topological polar surface area (TPSA) is 81.2 Å². The van der Waals surface area contributed by atoms with Crippen molar-refractivity contribution in [3.8, 4) is 11.5 Å². The number of halogens is 1. The zero-order valence-corrected chi connectivity index (χ0v) is 16.7. The van der Waals surface area contributed by atoms with Crippen molar-refractivity contribution in [3.05, 3.63) is 52.5 Å². The lowest BCUT2D eigenvalue weighted by Crippen LogP contribution is -2.36. The predicted octanol–water partition coefficient (Wildman–Crippen LogP) is 3.55. The van der Waals surface area contributed by atoms with Crippen LogP contribution < -0.4 is 20.1 Å². The highest BCUT2D eigenvalue weighted by molar-refractivity contribution is 9.10. The van der Waals surface area contributed by atoms with E-state index in [1.54, 1.807) is 18.2 Å². The first-order valence-electron chi connectivity index (χ1n) is 9.07. The van der Waals surface area contributed by atoms with E-state index in [4.69, 9.17) is 14.2 Å². The number of amides is 1. The van der Waals surface area contributed by atoms with E-state index in [0.717, 1.165) is 29.6 Å². The zero-order chi connectivity index (χ0) is 19.3. The molecule has 1 atom stereocenters. The SMILES string of the molecule is O=C(NC(=NCC1CCCO1)Nc1cccc(Br)c1)c1ccc2c(c1)OCO2. The Balaban J connectivity index is 1.50. The summed E-state index contributed by atoms with van der Waals surface area (Å²) in [6.45, 7) is 1.41. The van der Waals surface area contributed by atoms with Crippen molar-refractivity contribution in [2.24, 2.45) is 4.99 Å². The molecule has 0 aromatic heterocycles.